The molecule has 0 saturated carbocycles. The number of hydrogen-bond donors (Lipinski definition) is 1. The number of carbonyl (C=O) groups is 1. The number of anilines is 1. The Morgan fingerprint density at radius 3 is 2.86 bits per heavy atom. The number of nitrogens with zero attached hydrogens (tertiary/aromatic N) is 3. The van der Waals surface area contributed by atoms with Gasteiger partial charge in [-0.15, -0.1) is 11.3 Å². The highest BCUT2D eigenvalue weighted by Gasteiger charge is 2.19. The van der Waals surface area contributed by atoms with Crippen LogP contribution in [0.3, 0.4) is 0 Å². The Labute approximate surface area is 212 Å². The number of benzene rings is 2. The number of rotatable bonds is 2. The molecule has 2 aromatic heterocycles. The first kappa shape index (κ1) is 23.6. The average Bonchev–Trinajstić information content (AvgIpc) is 3.39. The fraction of sp³-hybridized carbons (Fsp3) is 0.280. The van der Waals surface area contributed by atoms with Gasteiger partial charge in [0.15, 0.2) is 22.2 Å². The second-order valence-corrected chi connectivity index (χ2v) is 9.42. The molecule has 2 aromatic carbocycles. The van der Waals surface area contributed by atoms with E-state index in [0.717, 1.165) is 16.3 Å². The number of fused-ring (bicyclic) bond motifs is 3. The standard InChI is InChI=1S/C25H25ClN4O4S/c1-17-20(30-9-13-35-25(30)27-17)15-29-8-10-32-11-12-33-22-4-2-3-5-23(22)34-21-7-6-18(26)14-19(21)28-24(31)16-29/h2-7,9,13-14H,8,10-12,15-16H2,1H3,(H,28,31). The van der Waals surface area contributed by atoms with Crippen LogP contribution in [0, 0.1) is 6.92 Å². The van der Waals surface area contributed by atoms with E-state index in [2.05, 4.69) is 14.7 Å². The van der Waals surface area contributed by atoms with Gasteiger partial charge in [-0.05, 0) is 37.3 Å². The second-order valence-electron chi connectivity index (χ2n) is 8.11. The number of nitrogens with one attached hydrogen (secondary N) is 1. The third kappa shape index (κ3) is 5.59. The average molecular weight is 513 g/mol. The van der Waals surface area contributed by atoms with Gasteiger partial charge in [0.05, 0.1) is 36.8 Å². The van der Waals surface area contributed by atoms with Gasteiger partial charge in [-0.3, -0.25) is 14.1 Å². The maximum Gasteiger partial charge on any atom is 0.238 e. The molecule has 4 aromatic rings. The Kier molecular flexibility index (Phi) is 7.19. The molecule has 182 valence electrons. The van der Waals surface area contributed by atoms with Crippen LogP contribution in [0.5, 0.6) is 17.2 Å². The number of aryl methyl sites for hydroxylation is 1. The number of para-hydroxylation sites is 2. The summed E-state index contributed by atoms with van der Waals surface area (Å²) >= 11 is 7.83. The third-order valence-electron chi connectivity index (χ3n) is 5.62. The maximum atomic E-state index is 13.1. The Morgan fingerprint density at radius 2 is 1.97 bits per heavy atom. The van der Waals surface area contributed by atoms with Crippen molar-refractivity contribution in [3.63, 3.8) is 0 Å². The van der Waals surface area contributed by atoms with Crippen LogP contribution in [0.1, 0.15) is 11.4 Å². The van der Waals surface area contributed by atoms with Crippen LogP contribution in [0.15, 0.2) is 54.0 Å². The predicted molar refractivity (Wildman–Crippen MR) is 136 cm³/mol. The molecule has 0 bridgehead atoms. The minimum Gasteiger partial charge on any atom is -0.487 e. The maximum absolute atomic E-state index is 13.1. The third-order valence-corrected chi connectivity index (χ3v) is 6.62. The van der Waals surface area contributed by atoms with E-state index in [-0.39, 0.29) is 12.5 Å². The fourth-order valence-corrected chi connectivity index (χ4v) is 4.87. The van der Waals surface area contributed by atoms with Crippen LogP contribution in [0.2, 0.25) is 5.02 Å². The molecule has 0 radical (unpaired) electrons. The Balaban J connectivity index is 1.41. The number of imidazole rings is 1. The van der Waals surface area contributed by atoms with Crippen molar-refractivity contribution in [2.24, 2.45) is 0 Å². The Bertz CT molecular complexity index is 1340. The first-order chi connectivity index (χ1) is 17.1. The molecule has 1 aliphatic rings. The summed E-state index contributed by atoms with van der Waals surface area (Å²) in [5, 5.41) is 5.47. The molecule has 35 heavy (non-hydrogen) atoms. The van der Waals surface area contributed by atoms with E-state index in [1.54, 1.807) is 29.5 Å². The first-order valence-electron chi connectivity index (χ1n) is 11.3. The van der Waals surface area contributed by atoms with Gasteiger partial charge in [-0.2, -0.15) is 0 Å². The number of hydrogen-bond acceptors (Lipinski definition) is 7. The van der Waals surface area contributed by atoms with Crippen LogP contribution in [-0.2, 0) is 16.1 Å². The minimum absolute atomic E-state index is 0.166. The molecule has 1 amide bonds. The molecule has 1 aliphatic heterocycles. The Morgan fingerprint density at radius 1 is 1.11 bits per heavy atom. The van der Waals surface area contributed by atoms with Crippen LogP contribution in [0.4, 0.5) is 5.69 Å². The predicted octanol–water partition coefficient (Wildman–Crippen LogP) is 5.00. The summed E-state index contributed by atoms with van der Waals surface area (Å²) in [6, 6.07) is 12.5. The van der Waals surface area contributed by atoms with E-state index in [0.29, 0.717) is 60.9 Å². The molecule has 0 aliphatic carbocycles. The van der Waals surface area contributed by atoms with Crippen molar-refractivity contribution in [1.82, 2.24) is 14.3 Å². The molecule has 1 N–H and O–H groups in total. The lowest BCUT2D eigenvalue weighted by molar-refractivity contribution is -0.117. The number of aromatic nitrogens is 2. The van der Waals surface area contributed by atoms with Gasteiger partial charge < -0.3 is 19.5 Å². The van der Waals surface area contributed by atoms with E-state index in [9.17, 15) is 4.79 Å². The normalized spacial score (nSPS) is 15.8. The molecule has 8 nitrogen and oxygen atoms in total. The van der Waals surface area contributed by atoms with Gasteiger partial charge in [0.25, 0.3) is 0 Å². The van der Waals surface area contributed by atoms with Crippen molar-refractivity contribution in [1.29, 1.82) is 0 Å². The molecular formula is C25H25ClN4O4S. The summed E-state index contributed by atoms with van der Waals surface area (Å²) in [5.74, 6) is 1.43. The summed E-state index contributed by atoms with van der Waals surface area (Å²) in [5.41, 5.74) is 2.49. The largest absolute Gasteiger partial charge is 0.487 e. The van der Waals surface area contributed by atoms with E-state index < -0.39 is 0 Å². The van der Waals surface area contributed by atoms with Crippen molar-refractivity contribution < 1.29 is 19.0 Å². The number of halogens is 1. The quantitative estimate of drug-likeness (QED) is 0.407. The van der Waals surface area contributed by atoms with Crippen LogP contribution >= 0.6 is 22.9 Å². The molecule has 3 heterocycles. The zero-order valence-electron chi connectivity index (χ0n) is 19.2. The van der Waals surface area contributed by atoms with Gasteiger partial charge in [-0.25, -0.2) is 4.98 Å². The van der Waals surface area contributed by atoms with E-state index >= 15 is 0 Å². The van der Waals surface area contributed by atoms with Crippen molar-refractivity contribution in [2.45, 2.75) is 13.5 Å². The number of carbonyl (C=O) groups excluding carboxylic acids is 1. The number of amides is 1. The lowest BCUT2D eigenvalue weighted by Gasteiger charge is -2.22. The zero-order valence-corrected chi connectivity index (χ0v) is 20.8. The highest BCUT2D eigenvalue weighted by Crippen LogP contribution is 2.36. The van der Waals surface area contributed by atoms with Crippen molar-refractivity contribution in [2.75, 3.05) is 38.2 Å². The molecule has 0 spiro atoms. The highest BCUT2D eigenvalue weighted by molar-refractivity contribution is 7.15. The molecular weight excluding hydrogens is 488 g/mol. The van der Waals surface area contributed by atoms with Crippen LogP contribution < -0.4 is 14.8 Å². The summed E-state index contributed by atoms with van der Waals surface area (Å²) in [6.07, 6.45) is 2.00. The van der Waals surface area contributed by atoms with Crippen molar-refractivity contribution in [3.8, 4) is 17.2 Å². The van der Waals surface area contributed by atoms with Crippen LogP contribution in [0.25, 0.3) is 4.96 Å². The first-order valence-corrected chi connectivity index (χ1v) is 12.5. The van der Waals surface area contributed by atoms with E-state index in [1.807, 2.05) is 47.7 Å². The van der Waals surface area contributed by atoms with Gasteiger partial charge in [-0.1, -0.05) is 23.7 Å². The molecule has 0 fully saturated rings. The topological polar surface area (TPSA) is 77.3 Å². The van der Waals surface area contributed by atoms with E-state index in [4.69, 9.17) is 25.8 Å². The Hall–Kier alpha value is -3.11. The number of ether oxygens (including phenoxy) is 3. The van der Waals surface area contributed by atoms with Gasteiger partial charge >= 0.3 is 0 Å². The molecule has 5 rings (SSSR count). The van der Waals surface area contributed by atoms with Crippen molar-refractivity contribution >= 4 is 39.5 Å². The fourth-order valence-electron chi connectivity index (χ4n) is 3.92. The van der Waals surface area contributed by atoms with Gasteiger partial charge in [0.1, 0.15) is 6.61 Å². The van der Waals surface area contributed by atoms with E-state index in [1.165, 1.54) is 0 Å². The second kappa shape index (κ2) is 10.7. The molecule has 0 saturated heterocycles. The summed E-state index contributed by atoms with van der Waals surface area (Å²) in [4.78, 5) is 20.8. The minimum atomic E-state index is -0.180. The lowest BCUT2D eigenvalue weighted by atomic mass is 10.2. The zero-order chi connectivity index (χ0) is 24.2. The summed E-state index contributed by atoms with van der Waals surface area (Å²) in [7, 11) is 0. The van der Waals surface area contributed by atoms with Crippen molar-refractivity contribution in [3.05, 3.63) is 70.5 Å². The monoisotopic (exact) mass is 512 g/mol. The number of thiazole rings is 1. The lowest BCUT2D eigenvalue weighted by Crippen LogP contribution is -2.36. The smallest absolute Gasteiger partial charge is 0.238 e. The molecule has 0 atom stereocenters. The highest BCUT2D eigenvalue weighted by atomic mass is 35.5. The van der Waals surface area contributed by atoms with Gasteiger partial charge in [0, 0.05) is 29.7 Å². The SMILES string of the molecule is Cc1nc2sccn2c1CN1CCOCCOc2ccccc2Oc2ccc(Cl)cc2NC(=O)C1. The summed E-state index contributed by atoms with van der Waals surface area (Å²) < 4.78 is 19.9. The molecule has 10 heteroatoms. The summed E-state index contributed by atoms with van der Waals surface area (Å²) in [6.45, 7) is 4.54. The van der Waals surface area contributed by atoms with Gasteiger partial charge in [0.2, 0.25) is 5.91 Å². The molecule has 0 unspecified atom stereocenters. The van der Waals surface area contributed by atoms with Crippen LogP contribution in [-0.4, -0.2) is 53.1 Å².